The van der Waals surface area contributed by atoms with E-state index in [2.05, 4.69) is 36.4 Å². The van der Waals surface area contributed by atoms with E-state index in [4.69, 9.17) is 0 Å². The Morgan fingerprint density at radius 1 is 0.500 bits per heavy atom. The Morgan fingerprint density at radius 2 is 0.800 bits per heavy atom. The third kappa shape index (κ3) is 0.944. The van der Waals surface area contributed by atoms with E-state index in [0.29, 0.717) is 0 Å². The zero-order chi connectivity index (χ0) is 12.8. The van der Waals surface area contributed by atoms with Crippen molar-refractivity contribution in [2.24, 2.45) is 0 Å². The van der Waals surface area contributed by atoms with Crippen LogP contribution in [0.15, 0.2) is 36.4 Å². The van der Waals surface area contributed by atoms with Crippen molar-refractivity contribution in [2.45, 2.75) is 49.4 Å². The van der Waals surface area contributed by atoms with Crippen molar-refractivity contribution < 1.29 is 0 Å². The fourth-order valence-electron chi connectivity index (χ4n) is 5.48. The van der Waals surface area contributed by atoms with Gasteiger partial charge in [0.2, 0.25) is 0 Å². The second kappa shape index (κ2) is 3.19. The molecule has 4 aliphatic rings. The molecule has 2 fully saturated rings. The van der Waals surface area contributed by atoms with Crippen LogP contribution in [0.4, 0.5) is 0 Å². The lowest BCUT2D eigenvalue weighted by Gasteiger charge is -2.51. The number of benzene rings is 2. The molecule has 0 radical (unpaired) electrons. The summed E-state index contributed by atoms with van der Waals surface area (Å²) in [6.07, 6.45) is 5.61. The third-order valence-electron chi connectivity index (χ3n) is 6.65. The van der Waals surface area contributed by atoms with Gasteiger partial charge < -0.3 is 0 Å². The highest BCUT2D eigenvalue weighted by Crippen LogP contribution is 2.65. The lowest BCUT2D eigenvalue weighted by atomic mass is 9.53. The lowest BCUT2D eigenvalue weighted by Crippen LogP contribution is -2.33. The van der Waals surface area contributed by atoms with Gasteiger partial charge in [0.15, 0.2) is 0 Å². The van der Waals surface area contributed by atoms with Gasteiger partial charge in [-0.1, -0.05) is 36.4 Å². The molecular formula is C20H18. The van der Waals surface area contributed by atoms with E-state index in [0.717, 1.165) is 23.7 Å². The summed E-state index contributed by atoms with van der Waals surface area (Å²) in [6.45, 7) is 0. The van der Waals surface area contributed by atoms with Crippen LogP contribution in [0.25, 0.3) is 11.1 Å². The summed E-state index contributed by atoms with van der Waals surface area (Å²) in [6, 6.07) is 14.4. The molecule has 4 aliphatic carbocycles. The molecule has 0 aromatic heterocycles. The SMILES string of the molecule is c1cc2c3c(c1)C1CCC1c1cccc(c1-3)C1CCC21. The van der Waals surface area contributed by atoms with Crippen molar-refractivity contribution in [3.63, 3.8) is 0 Å². The van der Waals surface area contributed by atoms with E-state index in [-0.39, 0.29) is 0 Å². The molecule has 0 N–H and O–H groups in total. The van der Waals surface area contributed by atoms with Gasteiger partial charge in [0.25, 0.3) is 0 Å². The Morgan fingerprint density at radius 3 is 1.05 bits per heavy atom. The minimum Gasteiger partial charge on any atom is -0.0617 e. The molecule has 6 rings (SSSR count). The topological polar surface area (TPSA) is 0 Å². The molecule has 4 atom stereocenters. The molecule has 4 unspecified atom stereocenters. The largest absolute Gasteiger partial charge is 0.0617 e. The number of rotatable bonds is 0. The van der Waals surface area contributed by atoms with Gasteiger partial charge in [-0.15, -0.1) is 0 Å². The van der Waals surface area contributed by atoms with Crippen LogP contribution in [0.1, 0.15) is 71.6 Å². The van der Waals surface area contributed by atoms with E-state index in [1.54, 1.807) is 33.4 Å². The molecule has 20 heavy (non-hydrogen) atoms. The van der Waals surface area contributed by atoms with Gasteiger partial charge in [-0.05, 0) is 82.7 Å². The first-order valence-electron chi connectivity index (χ1n) is 8.19. The van der Waals surface area contributed by atoms with Gasteiger partial charge in [-0.3, -0.25) is 0 Å². The zero-order valence-corrected chi connectivity index (χ0v) is 11.6. The summed E-state index contributed by atoms with van der Waals surface area (Å²) in [5.41, 5.74) is 10.1. The maximum absolute atomic E-state index is 2.42. The first-order chi connectivity index (χ1) is 9.93. The van der Waals surface area contributed by atoms with E-state index >= 15 is 0 Å². The minimum absolute atomic E-state index is 0.823. The predicted octanol–water partition coefficient (Wildman–Crippen LogP) is 5.30. The summed E-state index contributed by atoms with van der Waals surface area (Å²) < 4.78 is 0. The first kappa shape index (κ1) is 10.2. The van der Waals surface area contributed by atoms with Gasteiger partial charge >= 0.3 is 0 Å². The van der Waals surface area contributed by atoms with Gasteiger partial charge in [0, 0.05) is 0 Å². The number of hydrogen-bond acceptors (Lipinski definition) is 0. The van der Waals surface area contributed by atoms with Gasteiger partial charge in [0.05, 0.1) is 0 Å². The third-order valence-corrected chi connectivity index (χ3v) is 6.65. The second-order valence-electron chi connectivity index (χ2n) is 7.20. The highest BCUT2D eigenvalue weighted by atomic mass is 14.5. The fraction of sp³-hybridized carbons (Fsp3) is 0.400. The van der Waals surface area contributed by atoms with Crippen LogP contribution < -0.4 is 0 Å². The van der Waals surface area contributed by atoms with Gasteiger partial charge in [-0.2, -0.15) is 0 Å². The maximum atomic E-state index is 2.42. The molecule has 98 valence electrons. The maximum Gasteiger partial charge on any atom is -0.00864 e. The monoisotopic (exact) mass is 258 g/mol. The molecule has 0 aliphatic heterocycles. The molecule has 0 nitrogen and oxygen atoms in total. The first-order valence-corrected chi connectivity index (χ1v) is 8.19. The van der Waals surface area contributed by atoms with Crippen LogP contribution in [0.5, 0.6) is 0 Å². The Balaban J connectivity index is 1.79. The van der Waals surface area contributed by atoms with Crippen molar-refractivity contribution in [3.05, 3.63) is 58.7 Å². The summed E-state index contributed by atoms with van der Waals surface area (Å²) in [5, 5.41) is 0. The zero-order valence-electron chi connectivity index (χ0n) is 11.6. The molecule has 2 aromatic rings. The van der Waals surface area contributed by atoms with Gasteiger partial charge in [0.1, 0.15) is 0 Å². The highest BCUT2D eigenvalue weighted by molar-refractivity contribution is 5.84. The molecule has 0 amide bonds. The van der Waals surface area contributed by atoms with Crippen LogP contribution in [-0.4, -0.2) is 0 Å². The average Bonchev–Trinajstić information content (AvgIpc) is 2.36. The van der Waals surface area contributed by atoms with Crippen molar-refractivity contribution in [1.29, 1.82) is 0 Å². The normalized spacial score (nSPS) is 34.2. The van der Waals surface area contributed by atoms with Crippen LogP contribution in [-0.2, 0) is 0 Å². The van der Waals surface area contributed by atoms with Crippen molar-refractivity contribution in [3.8, 4) is 11.1 Å². The molecule has 2 saturated carbocycles. The number of hydrogen-bond donors (Lipinski definition) is 0. The Hall–Kier alpha value is -1.56. The standard InChI is InChI=1S/C20H18/c1-3-15-11-7-9-13(11)17-5-2-6-18-14-10-8-12(14)16(4-1)19(15)20(17)18/h1-6,11-14H,7-10H2. The lowest BCUT2D eigenvalue weighted by molar-refractivity contribution is 0.323. The van der Waals surface area contributed by atoms with Crippen LogP contribution in [0, 0.1) is 0 Å². The van der Waals surface area contributed by atoms with E-state index in [1.165, 1.54) is 25.7 Å². The fourth-order valence-corrected chi connectivity index (χ4v) is 5.48. The smallest absolute Gasteiger partial charge is 0.00864 e. The van der Waals surface area contributed by atoms with E-state index < -0.39 is 0 Å². The Bertz CT molecular complexity index is 633. The summed E-state index contributed by atoms with van der Waals surface area (Å²) in [4.78, 5) is 0. The van der Waals surface area contributed by atoms with Crippen LogP contribution >= 0.6 is 0 Å². The Kier molecular flexibility index (Phi) is 1.63. The molecule has 0 heterocycles. The highest BCUT2D eigenvalue weighted by Gasteiger charge is 2.47. The molecule has 0 heteroatoms. The van der Waals surface area contributed by atoms with Gasteiger partial charge in [-0.25, -0.2) is 0 Å². The Labute approximate surface area is 119 Å². The van der Waals surface area contributed by atoms with Crippen LogP contribution in [0.2, 0.25) is 0 Å². The van der Waals surface area contributed by atoms with E-state index in [9.17, 15) is 0 Å². The minimum atomic E-state index is 0.823. The molecule has 2 aromatic carbocycles. The van der Waals surface area contributed by atoms with Crippen LogP contribution in [0.3, 0.4) is 0 Å². The molecule has 0 saturated heterocycles. The van der Waals surface area contributed by atoms with E-state index in [1.807, 2.05) is 0 Å². The average molecular weight is 258 g/mol. The second-order valence-corrected chi connectivity index (χ2v) is 7.20. The summed E-state index contributed by atoms with van der Waals surface area (Å²) >= 11 is 0. The molecule has 0 bridgehead atoms. The van der Waals surface area contributed by atoms with Crippen molar-refractivity contribution in [1.82, 2.24) is 0 Å². The van der Waals surface area contributed by atoms with Crippen molar-refractivity contribution >= 4 is 0 Å². The van der Waals surface area contributed by atoms with Crippen molar-refractivity contribution in [2.75, 3.05) is 0 Å². The number of fused-ring (bicyclic) bond motifs is 6. The predicted molar refractivity (Wildman–Crippen MR) is 81.3 cm³/mol. The summed E-state index contributed by atoms with van der Waals surface area (Å²) in [7, 11) is 0. The molecular weight excluding hydrogens is 240 g/mol. The summed E-state index contributed by atoms with van der Waals surface area (Å²) in [5.74, 6) is 3.29. The molecule has 0 spiro atoms. The quantitative estimate of drug-likeness (QED) is 0.601.